The van der Waals surface area contributed by atoms with E-state index in [1.165, 1.54) is 18.2 Å². The molecule has 14 heteroatoms. The molecule has 0 atom stereocenters. The standard InChI is InChI=1S/C22H13Cl4FN4O3S2/c1-10-8-31(9-11-2-3-12(23)4-16(11)24)19-14(10)5-13(27)6-15(19)21-28-22(29-34-21)30-36(32,33)18-7-17(25)20(26)35-18/h2-8H,9H2,1H3,(H,29,30). The molecule has 36 heavy (non-hydrogen) atoms. The lowest BCUT2D eigenvalue weighted by Gasteiger charge is -2.10. The summed E-state index contributed by atoms with van der Waals surface area (Å²) in [4.78, 5) is 4.15. The van der Waals surface area contributed by atoms with Crippen molar-refractivity contribution in [2.75, 3.05) is 4.72 Å². The Morgan fingerprint density at radius 3 is 2.58 bits per heavy atom. The van der Waals surface area contributed by atoms with E-state index in [2.05, 4.69) is 14.9 Å². The number of sulfonamides is 1. The first-order chi connectivity index (χ1) is 17.0. The lowest BCUT2D eigenvalue weighted by atomic mass is 10.1. The molecule has 0 fully saturated rings. The molecule has 0 unspecified atom stereocenters. The van der Waals surface area contributed by atoms with E-state index >= 15 is 0 Å². The molecule has 3 aromatic heterocycles. The number of anilines is 1. The highest BCUT2D eigenvalue weighted by Gasteiger charge is 2.24. The minimum Gasteiger partial charge on any atom is -0.342 e. The summed E-state index contributed by atoms with van der Waals surface area (Å²) < 4.78 is 49.3. The molecule has 7 nitrogen and oxygen atoms in total. The Labute approximate surface area is 228 Å². The van der Waals surface area contributed by atoms with Crippen molar-refractivity contribution in [2.24, 2.45) is 0 Å². The maximum absolute atomic E-state index is 14.6. The Kier molecular flexibility index (Phi) is 6.69. The van der Waals surface area contributed by atoms with Gasteiger partial charge in [0.25, 0.3) is 21.9 Å². The van der Waals surface area contributed by atoms with Crippen LogP contribution in [0.2, 0.25) is 19.4 Å². The quantitative estimate of drug-likeness (QED) is 0.214. The summed E-state index contributed by atoms with van der Waals surface area (Å²) >= 11 is 24.9. The summed E-state index contributed by atoms with van der Waals surface area (Å²) in [5, 5.41) is 5.43. The van der Waals surface area contributed by atoms with Crippen LogP contribution in [-0.2, 0) is 16.6 Å². The average molecular weight is 606 g/mol. The first-order valence-electron chi connectivity index (χ1n) is 10.1. The molecule has 2 aromatic carbocycles. The van der Waals surface area contributed by atoms with Gasteiger partial charge >= 0.3 is 0 Å². The Hall–Kier alpha value is -2.34. The van der Waals surface area contributed by atoms with Gasteiger partial charge in [-0.25, -0.2) is 17.5 Å². The monoisotopic (exact) mass is 604 g/mol. The predicted octanol–water partition coefficient (Wildman–Crippen LogP) is 7.66. The van der Waals surface area contributed by atoms with Gasteiger partial charge in [0.15, 0.2) is 0 Å². The van der Waals surface area contributed by atoms with Crippen molar-refractivity contribution < 1.29 is 17.3 Å². The first-order valence-corrected chi connectivity index (χ1v) is 13.9. The molecule has 1 N–H and O–H groups in total. The van der Waals surface area contributed by atoms with Gasteiger partial charge in [-0.3, -0.25) is 0 Å². The zero-order valence-electron chi connectivity index (χ0n) is 18.0. The van der Waals surface area contributed by atoms with Gasteiger partial charge in [0.05, 0.1) is 16.1 Å². The Morgan fingerprint density at radius 2 is 1.89 bits per heavy atom. The van der Waals surface area contributed by atoms with Crippen molar-refractivity contribution in [3.8, 4) is 11.5 Å². The molecule has 0 spiro atoms. The Morgan fingerprint density at radius 1 is 1.11 bits per heavy atom. The molecule has 0 radical (unpaired) electrons. The van der Waals surface area contributed by atoms with Gasteiger partial charge in [0, 0.05) is 28.2 Å². The molecule has 0 aliphatic rings. The van der Waals surface area contributed by atoms with Crippen LogP contribution >= 0.6 is 57.7 Å². The van der Waals surface area contributed by atoms with E-state index < -0.39 is 15.8 Å². The molecule has 3 heterocycles. The molecule has 0 aliphatic carbocycles. The number of hydrogen-bond acceptors (Lipinski definition) is 6. The third-order valence-electron chi connectivity index (χ3n) is 5.26. The smallest absolute Gasteiger partial charge is 0.277 e. The molecule has 0 saturated carbocycles. The van der Waals surface area contributed by atoms with Crippen LogP contribution in [0.5, 0.6) is 0 Å². The fraction of sp³-hybridized carbons (Fsp3) is 0.0909. The van der Waals surface area contributed by atoms with Crippen LogP contribution in [0.3, 0.4) is 0 Å². The van der Waals surface area contributed by atoms with Crippen LogP contribution < -0.4 is 4.72 Å². The van der Waals surface area contributed by atoms with Crippen molar-refractivity contribution in [1.29, 1.82) is 0 Å². The van der Waals surface area contributed by atoms with Crippen LogP contribution in [0.15, 0.2) is 51.3 Å². The van der Waals surface area contributed by atoms with Gasteiger partial charge < -0.3 is 9.09 Å². The number of aryl methyl sites for hydroxylation is 1. The summed E-state index contributed by atoms with van der Waals surface area (Å²) in [6.45, 7) is 2.20. The van der Waals surface area contributed by atoms with Gasteiger partial charge in [0.1, 0.15) is 14.4 Å². The van der Waals surface area contributed by atoms with Crippen molar-refractivity contribution in [1.82, 2.24) is 14.7 Å². The largest absolute Gasteiger partial charge is 0.342 e. The highest BCUT2D eigenvalue weighted by Crippen LogP contribution is 2.36. The number of nitrogens with zero attached hydrogens (tertiary/aromatic N) is 3. The summed E-state index contributed by atoms with van der Waals surface area (Å²) in [5.74, 6) is -0.939. The number of halogens is 5. The van der Waals surface area contributed by atoms with E-state index in [1.54, 1.807) is 18.2 Å². The van der Waals surface area contributed by atoms with E-state index in [1.807, 2.05) is 17.7 Å². The van der Waals surface area contributed by atoms with Gasteiger partial charge in [0.2, 0.25) is 0 Å². The van der Waals surface area contributed by atoms with Gasteiger partial charge in [-0.15, -0.1) is 11.3 Å². The van der Waals surface area contributed by atoms with Crippen LogP contribution in [0.25, 0.3) is 22.4 Å². The second-order valence-corrected chi connectivity index (χ2v) is 12.6. The van der Waals surface area contributed by atoms with Crippen LogP contribution in [0, 0.1) is 12.7 Å². The third-order valence-corrected chi connectivity index (χ3v) is 9.52. The molecular weight excluding hydrogens is 593 g/mol. The number of aromatic nitrogens is 3. The third kappa shape index (κ3) is 4.81. The summed E-state index contributed by atoms with van der Waals surface area (Å²) in [6.07, 6.45) is 1.85. The van der Waals surface area contributed by atoms with E-state index in [0.29, 0.717) is 27.5 Å². The van der Waals surface area contributed by atoms with E-state index in [9.17, 15) is 12.8 Å². The fourth-order valence-electron chi connectivity index (χ4n) is 3.70. The Bertz CT molecular complexity index is 1730. The van der Waals surface area contributed by atoms with E-state index in [-0.39, 0.29) is 31.0 Å². The van der Waals surface area contributed by atoms with Gasteiger partial charge in [-0.05, 0) is 53.5 Å². The maximum Gasteiger partial charge on any atom is 0.277 e. The second kappa shape index (κ2) is 9.51. The molecule has 0 aliphatic heterocycles. The van der Waals surface area contributed by atoms with Crippen LogP contribution in [0.1, 0.15) is 11.1 Å². The minimum absolute atomic E-state index is 0.0824. The lowest BCUT2D eigenvalue weighted by molar-refractivity contribution is 0.433. The molecule has 186 valence electrons. The molecule has 5 aromatic rings. The van der Waals surface area contributed by atoms with E-state index in [4.69, 9.17) is 50.9 Å². The van der Waals surface area contributed by atoms with Gasteiger partial charge in [-0.1, -0.05) is 52.5 Å². The number of rotatable bonds is 6. The van der Waals surface area contributed by atoms with Crippen molar-refractivity contribution in [2.45, 2.75) is 17.7 Å². The number of benzene rings is 2. The Balaban J connectivity index is 1.55. The predicted molar refractivity (Wildman–Crippen MR) is 141 cm³/mol. The van der Waals surface area contributed by atoms with Crippen LogP contribution in [-0.4, -0.2) is 23.1 Å². The number of nitrogens with one attached hydrogen (secondary N) is 1. The topological polar surface area (TPSA) is 90.0 Å². The SMILES string of the molecule is Cc1cn(Cc2ccc(Cl)cc2Cl)c2c(-c3nc(NS(=O)(=O)c4cc(Cl)c(Cl)s4)no3)cc(F)cc12. The first kappa shape index (κ1) is 25.3. The van der Waals surface area contributed by atoms with Gasteiger partial charge in [-0.2, -0.15) is 4.98 Å². The number of thiophene rings is 1. The number of fused-ring (bicyclic) bond motifs is 1. The summed E-state index contributed by atoms with van der Waals surface area (Å²) in [6, 6.07) is 9.03. The highest BCUT2D eigenvalue weighted by atomic mass is 35.5. The fourth-order valence-corrected chi connectivity index (χ4v) is 6.99. The van der Waals surface area contributed by atoms with E-state index in [0.717, 1.165) is 22.5 Å². The summed E-state index contributed by atoms with van der Waals surface area (Å²) in [7, 11) is -4.08. The zero-order chi connectivity index (χ0) is 25.8. The average Bonchev–Trinajstić information content (AvgIpc) is 3.48. The molecule has 0 saturated heterocycles. The molecule has 0 bridgehead atoms. The highest BCUT2D eigenvalue weighted by molar-refractivity contribution is 7.94. The van der Waals surface area contributed by atoms with Crippen molar-refractivity contribution in [3.05, 3.63) is 78.9 Å². The summed E-state index contributed by atoms with van der Waals surface area (Å²) in [5.41, 5.74) is 2.49. The van der Waals surface area contributed by atoms with Crippen molar-refractivity contribution >= 4 is 84.6 Å². The molecule has 5 rings (SSSR count). The maximum atomic E-state index is 14.6. The second-order valence-electron chi connectivity index (χ2n) is 7.74. The normalized spacial score (nSPS) is 11.9. The minimum atomic E-state index is -4.08. The number of hydrogen-bond donors (Lipinski definition) is 1. The molecular formula is C22H13Cl4FN4O3S2. The van der Waals surface area contributed by atoms with Crippen LogP contribution in [0.4, 0.5) is 10.3 Å². The molecule has 0 amide bonds. The lowest BCUT2D eigenvalue weighted by Crippen LogP contribution is -2.12. The van der Waals surface area contributed by atoms with Crippen molar-refractivity contribution in [3.63, 3.8) is 0 Å². The zero-order valence-corrected chi connectivity index (χ0v) is 22.7.